The van der Waals surface area contributed by atoms with Crippen LogP contribution >= 0.6 is 0 Å². The number of nitrogens with one attached hydrogen (secondary N) is 2. The summed E-state index contributed by atoms with van der Waals surface area (Å²) in [5.74, 6) is 0.128. The van der Waals surface area contributed by atoms with Crippen LogP contribution in [0.1, 0.15) is 12.8 Å². The van der Waals surface area contributed by atoms with Gasteiger partial charge in [0.2, 0.25) is 5.91 Å². The number of anilines is 1. The van der Waals surface area contributed by atoms with Gasteiger partial charge in [0, 0.05) is 12.2 Å². The van der Waals surface area contributed by atoms with Crippen molar-refractivity contribution in [1.82, 2.24) is 10.6 Å². The van der Waals surface area contributed by atoms with Crippen molar-refractivity contribution in [2.45, 2.75) is 18.9 Å². The van der Waals surface area contributed by atoms with Crippen LogP contribution in [-0.2, 0) is 9.59 Å². The molecule has 102 valence electrons. The number of carbonyl (C=O) groups excluding carboxylic acids is 2. The first-order valence-corrected chi connectivity index (χ1v) is 6.20. The van der Waals surface area contributed by atoms with Crippen LogP contribution in [-0.4, -0.2) is 31.0 Å². The van der Waals surface area contributed by atoms with E-state index in [1.807, 2.05) is 0 Å². The van der Waals surface area contributed by atoms with Gasteiger partial charge in [0.05, 0.1) is 0 Å². The van der Waals surface area contributed by atoms with E-state index in [0.29, 0.717) is 24.4 Å². The molecule has 6 nitrogen and oxygen atoms in total. The number of amides is 2. The second kappa shape index (κ2) is 6.08. The molecule has 2 amide bonds. The molecule has 0 aliphatic carbocycles. The molecule has 1 aromatic carbocycles. The summed E-state index contributed by atoms with van der Waals surface area (Å²) in [5.41, 5.74) is 6.18. The SMILES string of the molecule is Nc1ccc(OCC(=O)NC2CCCNC2=O)cc1. The predicted octanol–water partition coefficient (Wildman–Crippen LogP) is 0.0424. The molecule has 4 N–H and O–H groups in total. The van der Waals surface area contributed by atoms with Crippen molar-refractivity contribution >= 4 is 17.5 Å². The minimum absolute atomic E-state index is 0.117. The van der Waals surface area contributed by atoms with Gasteiger partial charge >= 0.3 is 0 Å². The molecule has 0 spiro atoms. The van der Waals surface area contributed by atoms with Gasteiger partial charge in [0.15, 0.2) is 6.61 Å². The standard InChI is InChI=1S/C13H17N3O3/c14-9-3-5-10(6-4-9)19-8-12(17)16-11-2-1-7-15-13(11)18/h3-6,11H,1-2,7-8,14H2,(H,15,18)(H,16,17). The van der Waals surface area contributed by atoms with Crippen molar-refractivity contribution in [1.29, 1.82) is 0 Å². The van der Waals surface area contributed by atoms with Crippen LogP contribution < -0.4 is 21.1 Å². The molecule has 0 saturated carbocycles. The molecule has 19 heavy (non-hydrogen) atoms. The summed E-state index contributed by atoms with van der Waals surface area (Å²) in [5, 5.41) is 5.36. The molecule has 0 bridgehead atoms. The highest BCUT2D eigenvalue weighted by Crippen LogP contribution is 2.12. The first-order valence-electron chi connectivity index (χ1n) is 6.20. The molecule has 1 saturated heterocycles. The van der Waals surface area contributed by atoms with E-state index in [2.05, 4.69) is 10.6 Å². The Kier molecular flexibility index (Phi) is 4.22. The number of carbonyl (C=O) groups is 2. The van der Waals surface area contributed by atoms with Crippen LogP contribution in [0.5, 0.6) is 5.75 Å². The third kappa shape index (κ3) is 3.87. The molecule has 0 radical (unpaired) electrons. The first-order chi connectivity index (χ1) is 9.15. The van der Waals surface area contributed by atoms with E-state index in [9.17, 15) is 9.59 Å². The Balaban J connectivity index is 1.78. The van der Waals surface area contributed by atoms with Gasteiger partial charge in [0.25, 0.3) is 5.91 Å². The van der Waals surface area contributed by atoms with Crippen molar-refractivity contribution in [2.75, 3.05) is 18.9 Å². The number of benzene rings is 1. The average Bonchev–Trinajstić information content (AvgIpc) is 2.41. The maximum atomic E-state index is 11.7. The molecule has 1 heterocycles. The molecule has 1 unspecified atom stereocenters. The predicted molar refractivity (Wildman–Crippen MR) is 70.5 cm³/mol. The first kappa shape index (κ1) is 13.2. The maximum Gasteiger partial charge on any atom is 0.258 e. The summed E-state index contributed by atoms with van der Waals surface area (Å²) >= 11 is 0. The highest BCUT2D eigenvalue weighted by atomic mass is 16.5. The molecule has 1 aliphatic rings. The van der Waals surface area contributed by atoms with Crippen molar-refractivity contribution in [3.63, 3.8) is 0 Å². The fourth-order valence-corrected chi connectivity index (χ4v) is 1.86. The summed E-state index contributed by atoms with van der Waals surface area (Å²) in [6, 6.07) is 6.33. The highest BCUT2D eigenvalue weighted by molar-refractivity contribution is 5.88. The van der Waals surface area contributed by atoms with Crippen LogP contribution in [0, 0.1) is 0 Å². The Morgan fingerprint density at radius 2 is 2.16 bits per heavy atom. The average molecular weight is 263 g/mol. The third-order valence-electron chi connectivity index (χ3n) is 2.87. The highest BCUT2D eigenvalue weighted by Gasteiger charge is 2.23. The molecular formula is C13H17N3O3. The summed E-state index contributed by atoms with van der Waals surface area (Å²) in [4.78, 5) is 23.1. The summed E-state index contributed by atoms with van der Waals surface area (Å²) in [6.45, 7) is 0.556. The van der Waals surface area contributed by atoms with Gasteiger partial charge in [-0.25, -0.2) is 0 Å². The zero-order chi connectivity index (χ0) is 13.7. The van der Waals surface area contributed by atoms with Gasteiger partial charge in [0.1, 0.15) is 11.8 Å². The van der Waals surface area contributed by atoms with E-state index in [0.717, 1.165) is 6.42 Å². The fourth-order valence-electron chi connectivity index (χ4n) is 1.86. The minimum atomic E-state index is -0.448. The number of hydrogen-bond acceptors (Lipinski definition) is 4. The van der Waals surface area contributed by atoms with E-state index < -0.39 is 6.04 Å². The summed E-state index contributed by atoms with van der Waals surface area (Å²) < 4.78 is 5.30. The normalized spacial score (nSPS) is 18.5. The molecule has 2 rings (SSSR count). The minimum Gasteiger partial charge on any atom is -0.484 e. The Morgan fingerprint density at radius 3 is 2.84 bits per heavy atom. The second-order valence-corrected chi connectivity index (χ2v) is 4.41. The Bertz CT molecular complexity index is 459. The van der Waals surface area contributed by atoms with E-state index in [4.69, 9.17) is 10.5 Å². The van der Waals surface area contributed by atoms with Gasteiger partial charge in [-0.3, -0.25) is 9.59 Å². The van der Waals surface area contributed by atoms with Crippen molar-refractivity contribution in [3.8, 4) is 5.75 Å². The summed E-state index contributed by atoms with van der Waals surface area (Å²) in [6.07, 6.45) is 1.54. The number of rotatable bonds is 4. The molecule has 6 heteroatoms. The van der Waals surface area contributed by atoms with Gasteiger partial charge in [-0.15, -0.1) is 0 Å². The van der Waals surface area contributed by atoms with Crippen molar-refractivity contribution < 1.29 is 14.3 Å². The maximum absolute atomic E-state index is 11.7. The van der Waals surface area contributed by atoms with Crippen molar-refractivity contribution in [3.05, 3.63) is 24.3 Å². The van der Waals surface area contributed by atoms with Gasteiger partial charge in [-0.05, 0) is 37.1 Å². The summed E-state index contributed by atoms with van der Waals surface area (Å²) in [7, 11) is 0. The van der Waals surface area contributed by atoms with Crippen LogP contribution in [0.15, 0.2) is 24.3 Å². The Morgan fingerprint density at radius 1 is 1.42 bits per heavy atom. The Labute approximate surface area is 111 Å². The van der Waals surface area contributed by atoms with Crippen molar-refractivity contribution in [2.24, 2.45) is 0 Å². The molecule has 1 fully saturated rings. The number of nitrogen functional groups attached to an aromatic ring is 1. The van der Waals surface area contributed by atoms with E-state index in [-0.39, 0.29) is 18.4 Å². The van der Waals surface area contributed by atoms with Gasteiger partial charge in [-0.1, -0.05) is 0 Å². The molecule has 1 aliphatic heterocycles. The third-order valence-corrected chi connectivity index (χ3v) is 2.87. The van der Waals surface area contributed by atoms with E-state index in [1.54, 1.807) is 24.3 Å². The molecule has 0 aromatic heterocycles. The fraction of sp³-hybridized carbons (Fsp3) is 0.385. The lowest BCUT2D eigenvalue weighted by atomic mass is 10.1. The second-order valence-electron chi connectivity index (χ2n) is 4.41. The lowest BCUT2D eigenvalue weighted by molar-refractivity contribution is -0.131. The number of hydrogen-bond donors (Lipinski definition) is 3. The zero-order valence-corrected chi connectivity index (χ0v) is 10.5. The van der Waals surface area contributed by atoms with Crippen LogP contribution in [0.25, 0.3) is 0 Å². The lowest BCUT2D eigenvalue weighted by Gasteiger charge is -2.22. The smallest absolute Gasteiger partial charge is 0.258 e. The van der Waals surface area contributed by atoms with Crippen LogP contribution in [0.3, 0.4) is 0 Å². The number of ether oxygens (including phenoxy) is 1. The monoisotopic (exact) mass is 263 g/mol. The molecule has 1 aromatic rings. The zero-order valence-electron chi connectivity index (χ0n) is 10.5. The van der Waals surface area contributed by atoms with Crippen LogP contribution in [0.4, 0.5) is 5.69 Å². The molecular weight excluding hydrogens is 246 g/mol. The van der Waals surface area contributed by atoms with E-state index in [1.165, 1.54) is 0 Å². The molecule has 1 atom stereocenters. The van der Waals surface area contributed by atoms with Gasteiger partial charge in [-0.2, -0.15) is 0 Å². The van der Waals surface area contributed by atoms with Crippen LogP contribution in [0.2, 0.25) is 0 Å². The van der Waals surface area contributed by atoms with Gasteiger partial charge < -0.3 is 21.1 Å². The van der Waals surface area contributed by atoms with E-state index >= 15 is 0 Å². The number of piperidine rings is 1. The largest absolute Gasteiger partial charge is 0.484 e. The topological polar surface area (TPSA) is 93.4 Å². The number of nitrogens with two attached hydrogens (primary N) is 1. The lowest BCUT2D eigenvalue weighted by Crippen LogP contribution is -2.51. The quantitative estimate of drug-likeness (QED) is 0.669. The Hall–Kier alpha value is -2.24.